The van der Waals surface area contributed by atoms with Crippen molar-refractivity contribution in [1.82, 2.24) is 9.55 Å². The Hall–Kier alpha value is -6.59. The van der Waals surface area contributed by atoms with Gasteiger partial charge < -0.3 is 14.5 Å². The lowest BCUT2D eigenvalue weighted by atomic mass is 9.78. The maximum Gasteiger partial charge on any atom is 0.137 e. The zero-order valence-corrected chi connectivity index (χ0v) is 37.0. The van der Waals surface area contributed by atoms with Crippen LogP contribution >= 0.6 is 0 Å². The normalized spacial score (nSPS) is 13.6. The van der Waals surface area contributed by atoms with Gasteiger partial charge in [-0.3, -0.25) is 4.57 Å². The topological polar surface area (TPSA) is 33.5 Å². The van der Waals surface area contributed by atoms with Crippen molar-refractivity contribution in [1.29, 1.82) is 0 Å². The number of hydrogen-bond acceptors (Lipinski definition) is 4. The van der Waals surface area contributed by atoms with Crippen LogP contribution in [0.2, 0.25) is 0 Å². The fourth-order valence-electron chi connectivity index (χ4n) is 9.00. The molecule has 0 amide bonds. The van der Waals surface area contributed by atoms with Crippen molar-refractivity contribution in [3.05, 3.63) is 192 Å². The first-order valence-electron chi connectivity index (χ1n) is 21.6. The summed E-state index contributed by atoms with van der Waals surface area (Å²) in [5.41, 5.74) is 14.2. The molecule has 0 N–H and O–H groups in total. The van der Waals surface area contributed by atoms with Crippen LogP contribution in [0.25, 0.3) is 38.8 Å². The van der Waals surface area contributed by atoms with E-state index in [2.05, 4.69) is 228 Å². The molecule has 0 spiro atoms. The van der Waals surface area contributed by atoms with E-state index in [4.69, 9.17) is 9.72 Å². The molecule has 6 aromatic carbocycles. The summed E-state index contributed by atoms with van der Waals surface area (Å²) in [7, 11) is 0. The number of ether oxygens (including phenoxy) is 1. The van der Waals surface area contributed by atoms with E-state index in [1.807, 2.05) is 6.20 Å². The minimum Gasteiger partial charge on any atom is -0.457 e. The molecule has 0 saturated heterocycles. The molecular formula is C56H56N4O. The highest BCUT2D eigenvalue weighted by Gasteiger charge is 2.29. The van der Waals surface area contributed by atoms with Crippen molar-refractivity contribution < 1.29 is 4.74 Å². The van der Waals surface area contributed by atoms with Crippen LogP contribution in [-0.2, 0) is 10.8 Å². The van der Waals surface area contributed by atoms with Gasteiger partial charge in [-0.2, -0.15) is 0 Å². The fourth-order valence-corrected chi connectivity index (χ4v) is 9.00. The van der Waals surface area contributed by atoms with Crippen LogP contribution in [0.1, 0.15) is 90.5 Å². The second-order valence-corrected chi connectivity index (χ2v) is 18.5. The summed E-state index contributed by atoms with van der Waals surface area (Å²) < 4.78 is 9.27. The highest BCUT2D eigenvalue weighted by atomic mass is 16.5. The van der Waals surface area contributed by atoms with Crippen LogP contribution < -0.4 is 14.5 Å². The Morgan fingerprint density at radius 2 is 1.25 bits per heavy atom. The lowest BCUT2D eigenvalue weighted by molar-refractivity contribution is 0.483. The van der Waals surface area contributed by atoms with Crippen LogP contribution in [0.3, 0.4) is 0 Å². The molecule has 5 nitrogen and oxygen atoms in total. The van der Waals surface area contributed by atoms with Crippen molar-refractivity contribution in [2.75, 3.05) is 16.5 Å². The summed E-state index contributed by atoms with van der Waals surface area (Å²) >= 11 is 0. The van der Waals surface area contributed by atoms with Crippen molar-refractivity contribution in [2.24, 2.45) is 0 Å². The van der Waals surface area contributed by atoms with Crippen molar-refractivity contribution >= 4 is 33.2 Å². The molecule has 61 heavy (non-hydrogen) atoms. The van der Waals surface area contributed by atoms with Crippen LogP contribution in [-0.4, -0.2) is 16.2 Å². The Kier molecular flexibility index (Phi) is 10.1. The number of aromatic nitrogens is 2. The molecule has 0 saturated carbocycles. The number of allylic oxidation sites excluding steroid dienone is 2. The molecule has 0 fully saturated rings. The van der Waals surface area contributed by atoms with Crippen LogP contribution in [0.4, 0.5) is 11.4 Å². The molecular weight excluding hydrogens is 745 g/mol. The van der Waals surface area contributed by atoms with Crippen molar-refractivity contribution in [2.45, 2.75) is 79.1 Å². The molecule has 9 rings (SSSR count). The van der Waals surface area contributed by atoms with Gasteiger partial charge in [0.1, 0.15) is 17.3 Å². The van der Waals surface area contributed by atoms with Crippen LogP contribution in [0, 0.1) is 0 Å². The van der Waals surface area contributed by atoms with E-state index >= 15 is 0 Å². The van der Waals surface area contributed by atoms with Crippen LogP contribution in [0.15, 0.2) is 169 Å². The lowest BCUT2D eigenvalue weighted by Gasteiger charge is -2.29. The quantitative estimate of drug-likeness (QED) is 0.146. The molecule has 3 heterocycles. The molecule has 0 aliphatic carbocycles. The summed E-state index contributed by atoms with van der Waals surface area (Å²) in [6, 6.07) is 54.7. The van der Waals surface area contributed by atoms with Crippen LogP contribution in [0.5, 0.6) is 11.5 Å². The first-order valence-corrected chi connectivity index (χ1v) is 21.6. The molecule has 0 unspecified atom stereocenters. The minimum absolute atomic E-state index is 0.0105. The summed E-state index contributed by atoms with van der Waals surface area (Å²) in [5.74, 6) is 2.82. The Bertz CT molecular complexity index is 2950. The second kappa shape index (κ2) is 15.5. The van der Waals surface area contributed by atoms with E-state index in [0.29, 0.717) is 12.6 Å². The number of pyridine rings is 1. The standard InChI is InChI=1S/C56H56N4O/c1-37(2)48-22-13-14-23-49(48)40-30-45(59-36-58(38(3)39(59)4)44-21-17-20-43(32-44)56(8,9)41-18-11-10-12-19-41)34-47(31-40)61-46-26-27-51-50-24-15-16-25-52(50)60(53(51)35-46)54-33-42(28-29-57-54)55(5,6)7/h10-35,37H,36H2,1-9H3. The zero-order chi connectivity index (χ0) is 42.6. The molecule has 1 aliphatic heterocycles. The van der Waals surface area contributed by atoms with Gasteiger partial charge in [0.2, 0.25) is 0 Å². The van der Waals surface area contributed by atoms with Crippen molar-refractivity contribution in [3.63, 3.8) is 0 Å². The number of nitrogens with zero attached hydrogens (tertiary/aromatic N) is 4. The number of para-hydroxylation sites is 1. The average Bonchev–Trinajstić information content (AvgIpc) is 3.76. The SMILES string of the molecule is CC1=C(C)N(c2cccc(C(C)(C)c3ccccc3)c2)CN1c1cc(Oc2ccc3c4ccccc4n(-c4cc(C(C)(C)C)ccn4)c3c2)cc(-c2ccccc2C(C)C)c1. The van der Waals surface area contributed by atoms with Gasteiger partial charge in [-0.05, 0) is 113 Å². The van der Waals surface area contributed by atoms with Gasteiger partial charge in [0, 0.05) is 57.3 Å². The van der Waals surface area contributed by atoms with E-state index in [1.54, 1.807) is 0 Å². The molecule has 1 aliphatic rings. The third kappa shape index (κ3) is 7.37. The predicted octanol–water partition coefficient (Wildman–Crippen LogP) is 14.9. The number of rotatable bonds is 9. The Morgan fingerprint density at radius 1 is 0.557 bits per heavy atom. The smallest absolute Gasteiger partial charge is 0.137 e. The molecule has 0 bridgehead atoms. The maximum absolute atomic E-state index is 6.99. The highest BCUT2D eigenvalue weighted by Crippen LogP contribution is 2.42. The van der Waals surface area contributed by atoms with Gasteiger partial charge in [-0.25, -0.2) is 4.98 Å². The number of hydrogen-bond donors (Lipinski definition) is 0. The monoisotopic (exact) mass is 800 g/mol. The third-order valence-electron chi connectivity index (χ3n) is 12.8. The van der Waals surface area contributed by atoms with E-state index in [1.165, 1.54) is 50.3 Å². The summed E-state index contributed by atoms with van der Waals surface area (Å²) in [4.78, 5) is 9.77. The first kappa shape index (κ1) is 39.8. The van der Waals surface area contributed by atoms with Gasteiger partial charge in [0.15, 0.2) is 0 Å². The summed E-state index contributed by atoms with van der Waals surface area (Å²) in [6.45, 7) is 21.1. The molecule has 5 heteroatoms. The lowest BCUT2D eigenvalue weighted by Crippen LogP contribution is -2.27. The number of fused-ring (bicyclic) bond motifs is 3. The third-order valence-corrected chi connectivity index (χ3v) is 12.8. The average molecular weight is 801 g/mol. The molecule has 8 aromatic rings. The summed E-state index contributed by atoms with van der Waals surface area (Å²) in [5, 5.41) is 2.35. The highest BCUT2D eigenvalue weighted by molar-refractivity contribution is 6.09. The zero-order valence-electron chi connectivity index (χ0n) is 37.0. The van der Waals surface area contributed by atoms with Gasteiger partial charge in [-0.15, -0.1) is 0 Å². The first-order chi connectivity index (χ1) is 29.3. The van der Waals surface area contributed by atoms with E-state index in [9.17, 15) is 0 Å². The molecule has 0 radical (unpaired) electrons. The molecule has 0 atom stereocenters. The van der Waals surface area contributed by atoms with Gasteiger partial charge >= 0.3 is 0 Å². The largest absolute Gasteiger partial charge is 0.457 e. The maximum atomic E-state index is 6.99. The Balaban J connectivity index is 1.13. The molecule has 306 valence electrons. The van der Waals surface area contributed by atoms with E-state index in [-0.39, 0.29) is 10.8 Å². The summed E-state index contributed by atoms with van der Waals surface area (Å²) in [6.07, 6.45) is 1.93. The predicted molar refractivity (Wildman–Crippen MR) is 257 cm³/mol. The van der Waals surface area contributed by atoms with Gasteiger partial charge in [-0.1, -0.05) is 133 Å². The van der Waals surface area contributed by atoms with Gasteiger partial charge in [0.25, 0.3) is 0 Å². The van der Waals surface area contributed by atoms with Gasteiger partial charge in [0.05, 0.1) is 17.7 Å². The minimum atomic E-state index is -0.141. The van der Waals surface area contributed by atoms with E-state index < -0.39 is 0 Å². The van der Waals surface area contributed by atoms with E-state index in [0.717, 1.165) is 45.0 Å². The number of benzene rings is 6. The Labute approximate surface area is 361 Å². The second-order valence-electron chi connectivity index (χ2n) is 18.5. The van der Waals surface area contributed by atoms with Crippen molar-refractivity contribution in [3.8, 4) is 28.4 Å². The number of anilines is 2. The Morgan fingerprint density at radius 3 is 2.02 bits per heavy atom. The molecule has 2 aromatic heterocycles. The fraction of sp³-hybridized carbons (Fsp3) is 0.232.